The first kappa shape index (κ1) is 140. The van der Waals surface area contributed by atoms with Gasteiger partial charge < -0.3 is 139 Å². The molecule has 0 fully saturated rings. The fraction of sp³-hybridized carbons (Fsp3) is 0.266. The van der Waals surface area contributed by atoms with Gasteiger partial charge in [0, 0.05) is 47.3 Å². The van der Waals surface area contributed by atoms with Gasteiger partial charge in [-0.1, -0.05) is 220 Å². The second-order valence-corrected chi connectivity index (χ2v) is 18.6. The number of phenolic OH excluding ortho intramolecular Hbond substituents is 1. The molecule has 0 aliphatic rings. The number of aryl methyl sites for hydroxylation is 6. The number of nitrogens with one attached hydrogen (secondary N) is 3. The van der Waals surface area contributed by atoms with Crippen LogP contribution in [0.4, 0.5) is 0 Å². The van der Waals surface area contributed by atoms with E-state index in [1.54, 1.807) is 12.1 Å². The molecule has 0 aliphatic carbocycles. The Hall–Kier alpha value is -12.5. The van der Waals surface area contributed by atoms with E-state index >= 15 is 0 Å². The minimum absolute atomic E-state index is 0. The third-order valence-electron chi connectivity index (χ3n) is 12.4. The Balaban J connectivity index is -0.0000000578. The lowest BCUT2D eigenvalue weighted by Gasteiger charge is -2.06. The second kappa shape index (κ2) is 115. The molecule has 0 spiro atoms. The molecule has 622 valence electrons. The number of nitrogens with two attached hydrogens (primary N) is 3. The fourth-order valence-electron chi connectivity index (χ4n) is 7.45. The van der Waals surface area contributed by atoms with Crippen LogP contribution in [0.1, 0.15) is 120 Å². The van der Waals surface area contributed by atoms with Crippen LogP contribution in [0.15, 0.2) is 211 Å². The van der Waals surface area contributed by atoms with Crippen molar-refractivity contribution in [1.82, 2.24) is 64.5 Å². The molecule has 0 radical (unpaired) electrons. The average Bonchev–Trinajstić information content (AvgIpc) is 1.71. The highest BCUT2D eigenvalue weighted by Gasteiger charge is 2.00. The molecule has 0 bridgehead atoms. The van der Waals surface area contributed by atoms with Crippen molar-refractivity contribution in [3.05, 3.63) is 250 Å². The number of rotatable bonds is 16. The number of hydrogen-bond acceptors (Lipinski definition) is 23. The molecular weight excluding hydrogens is 1410 g/mol. The van der Waals surface area contributed by atoms with Crippen molar-refractivity contribution in [3.63, 3.8) is 0 Å². The first-order chi connectivity index (χ1) is 49.8. The summed E-state index contributed by atoms with van der Waals surface area (Å²) in [6.07, 6.45) is 14.9. The smallest absolute Gasteiger partial charge is 0.266 e. The number of nitro groups is 1. The maximum atomic E-state index is 9.74. The van der Waals surface area contributed by atoms with Crippen LogP contribution in [0.3, 0.4) is 0 Å². The Morgan fingerprint density at radius 1 is 0.409 bits per heavy atom. The summed E-state index contributed by atoms with van der Waals surface area (Å²) in [4.78, 5) is 100. The summed E-state index contributed by atoms with van der Waals surface area (Å²) in [5.41, 5.74) is 27.1. The zero-order valence-electron chi connectivity index (χ0n) is 66.8. The molecular formula is C79H137N17O14. The predicted octanol–water partition coefficient (Wildman–Crippen LogP) is 15.1. The number of carbonyl (C=O) groups is 10. The van der Waals surface area contributed by atoms with E-state index in [0.29, 0.717) is 18.9 Å². The van der Waals surface area contributed by atoms with E-state index in [1.807, 2.05) is 129 Å². The van der Waals surface area contributed by atoms with E-state index in [-0.39, 0.29) is 61.1 Å². The third-order valence-corrected chi connectivity index (χ3v) is 12.4. The van der Waals surface area contributed by atoms with Crippen molar-refractivity contribution in [2.75, 3.05) is 13.1 Å². The van der Waals surface area contributed by atoms with E-state index in [9.17, 15) is 10.1 Å². The molecule has 7 aromatic carbocycles. The quantitative estimate of drug-likeness (QED) is 0.0140. The summed E-state index contributed by atoms with van der Waals surface area (Å²) in [6, 6.07) is 63.5. The fourth-order valence-corrected chi connectivity index (χ4v) is 7.45. The second-order valence-electron chi connectivity index (χ2n) is 18.6. The van der Waals surface area contributed by atoms with Crippen LogP contribution in [0.25, 0.3) is 21.8 Å². The highest BCUT2D eigenvalue weighted by Crippen LogP contribution is 2.19. The van der Waals surface area contributed by atoms with E-state index in [1.165, 1.54) is 60.8 Å². The Kier molecular flexibility index (Phi) is 147. The summed E-state index contributed by atoms with van der Waals surface area (Å²) in [6.45, 7) is 39.1. The number of ether oxygens (including phenoxy) is 1. The summed E-state index contributed by atoms with van der Waals surface area (Å²) in [7, 11) is 0. The normalized spacial score (nSPS) is 7.80. The van der Waals surface area contributed by atoms with Crippen molar-refractivity contribution in [2.24, 2.45) is 27.3 Å². The van der Waals surface area contributed by atoms with Crippen molar-refractivity contribution >= 4 is 102 Å². The zero-order valence-corrected chi connectivity index (χ0v) is 66.8. The van der Waals surface area contributed by atoms with Crippen LogP contribution in [-0.4, -0.2) is 113 Å². The number of para-hydroxylation sites is 2. The van der Waals surface area contributed by atoms with E-state index < -0.39 is 5.03 Å². The average molecular weight is 1550 g/mol. The number of hydrogen-bond donors (Lipinski definition) is 15. The number of aliphatic imine (C=N–C) groups is 1. The Labute approximate surface area is 653 Å². The first-order valence-corrected chi connectivity index (χ1v) is 31.7. The van der Waals surface area contributed by atoms with Gasteiger partial charge in [0.15, 0.2) is 11.0 Å². The number of fused-ring (bicyclic) bond motifs is 2. The van der Waals surface area contributed by atoms with E-state index in [2.05, 4.69) is 208 Å². The van der Waals surface area contributed by atoms with Gasteiger partial charge >= 0.3 is 0 Å². The van der Waals surface area contributed by atoms with Crippen LogP contribution in [0, 0.1) is 10.1 Å². The highest BCUT2D eigenvalue weighted by atomic mass is 16.7. The van der Waals surface area contributed by atoms with Gasteiger partial charge in [-0.3, -0.25) is 4.99 Å². The standard InChI is InChI=1S/C15H16O.2C10H11N.C8H10O.2C8H10.C5H12N4O2.C5H13N3.10CH2O.8H3N/c1-2-13-8-10-15(11-9-13)16-12-14-6-4-3-5-7-14;2*1-2-8-7-11-10-6-4-3-5-9(8)10;1-2-7-3-5-8(9)6-4-7;2*1-2-8-6-4-3-5-7-8;1-2-3-4-7-5(6)8-9(10)11;1-2-3-4-8-5(6)7;10*1-2;;;;;;;;/h3-11H,2,12H2,1H3;2*3-7,11H,2H2,1H3;3-6,9H,2H2,1H3;2*3-7H,2H2,1H3;2-4H2,1H3,(H3,6,7,8);2-4H2,1H3,(H4,6,7,8);10*1H2;8*1H3. The molecule has 0 unspecified atom stereocenters. The summed E-state index contributed by atoms with van der Waals surface area (Å²) < 4.78 is 5.69. The van der Waals surface area contributed by atoms with Gasteiger partial charge in [0.25, 0.3) is 5.96 Å². The number of nitrogens with zero attached hydrogens (tertiary/aromatic N) is 3. The number of carbonyl (C=O) groups excluding carboxylic acids is 10. The lowest BCUT2D eigenvalue weighted by Crippen LogP contribution is -2.33. The molecule has 0 atom stereocenters. The summed E-state index contributed by atoms with van der Waals surface area (Å²) >= 11 is 0. The molecule has 2 aromatic heterocycles. The van der Waals surface area contributed by atoms with Crippen molar-refractivity contribution in [2.45, 2.75) is 126 Å². The maximum Gasteiger partial charge on any atom is 0.266 e. The molecule has 0 saturated heterocycles. The lowest BCUT2D eigenvalue weighted by molar-refractivity contribution is -0.485. The SMILES string of the molecule is C=O.C=O.C=O.C=O.C=O.C=O.C=O.C=O.C=O.C=O.CCCCN/C(N)=N/[N+](=O)[O-].CCCCN=C(N)N.CCc1c[nH]c2ccccc12.CCc1c[nH]c2ccccc12.CCc1ccc(O)cc1.CCc1ccc(OCc2ccccc2)cc1.CCc1ccccc1.CCc1ccccc1.N.N.N.N.N.N.N.N. The molecule has 0 amide bonds. The topological polar surface area (TPSA) is 670 Å². The van der Waals surface area contributed by atoms with Gasteiger partial charge in [-0.25, -0.2) is 10.1 Å². The molecule has 0 aliphatic heterocycles. The zero-order chi connectivity index (χ0) is 80.0. The third kappa shape index (κ3) is 81.2. The minimum Gasteiger partial charge on any atom is -0.508 e. The van der Waals surface area contributed by atoms with E-state index in [4.69, 9.17) is 75.0 Å². The van der Waals surface area contributed by atoms with Crippen molar-refractivity contribution in [3.8, 4) is 11.5 Å². The van der Waals surface area contributed by atoms with Gasteiger partial charge in [0.2, 0.25) is 0 Å². The van der Waals surface area contributed by atoms with Crippen LogP contribution in [-0.2, 0) is 93.1 Å². The Bertz CT molecular complexity index is 3150. The molecule has 9 aromatic rings. The Morgan fingerprint density at radius 2 is 0.700 bits per heavy atom. The van der Waals surface area contributed by atoms with E-state index in [0.717, 1.165) is 76.5 Å². The molecule has 31 heteroatoms. The maximum absolute atomic E-state index is 9.74. The summed E-state index contributed by atoms with van der Waals surface area (Å²) in [5.74, 6) is 1.33. The number of hydrazone groups is 1. The number of guanidine groups is 2. The molecule has 0 saturated carbocycles. The van der Waals surface area contributed by atoms with Crippen LogP contribution in [0.5, 0.6) is 11.5 Å². The summed E-state index contributed by atoms with van der Waals surface area (Å²) in [5, 5.41) is 25.9. The van der Waals surface area contributed by atoms with Gasteiger partial charge in [0.1, 0.15) is 91.1 Å². The monoisotopic (exact) mass is 1550 g/mol. The number of unbranched alkanes of at least 4 members (excludes halogenated alkanes) is 2. The first-order valence-electron chi connectivity index (χ1n) is 31.7. The van der Waals surface area contributed by atoms with Crippen LogP contribution >= 0.6 is 0 Å². The van der Waals surface area contributed by atoms with Gasteiger partial charge in [-0.2, -0.15) is 0 Å². The Morgan fingerprint density at radius 3 is 0.982 bits per heavy atom. The van der Waals surface area contributed by atoms with Crippen LogP contribution in [0.2, 0.25) is 0 Å². The molecule has 110 heavy (non-hydrogen) atoms. The lowest BCUT2D eigenvalue weighted by atomic mass is 10.1. The number of benzene rings is 7. The molecule has 31 nitrogen and oxygen atoms in total. The molecule has 9 rings (SSSR count). The van der Waals surface area contributed by atoms with Crippen LogP contribution < -0.4 is 76.5 Å². The number of aromatic nitrogens is 2. The number of H-pyrrole nitrogens is 2. The highest BCUT2D eigenvalue weighted by molar-refractivity contribution is 5.83. The number of phenols is 1. The number of aromatic amines is 2. The van der Waals surface area contributed by atoms with Crippen molar-refractivity contribution < 1.29 is 62.8 Å². The largest absolute Gasteiger partial charge is 0.508 e. The van der Waals surface area contributed by atoms with Gasteiger partial charge in [-0.05, 0) is 127 Å². The van der Waals surface area contributed by atoms with Gasteiger partial charge in [-0.15, -0.1) is 0 Å². The van der Waals surface area contributed by atoms with Crippen molar-refractivity contribution in [1.29, 1.82) is 0 Å². The number of aromatic hydroxyl groups is 1. The predicted molar refractivity (Wildman–Crippen MR) is 460 cm³/mol. The minimum atomic E-state index is -0.825. The molecule has 2 heterocycles. The molecule has 34 N–H and O–H groups in total. The van der Waals surface area contributed by atoms with Gasteiger partial charge in [0.05, 0.1) is 0 Å².